The van der Waals surface area contributed by atoms with Gasteiger partial charge in [0.25, 0.3) is 0 Å². The van der Waals surface area contributed by atoms with Gasteiger partial charge in [0.05, 0.1) is 6.07 Å². The summed E-state index contributed by atoms with van der Waals surface area (Å²) < 4.78 is 0. The molecule has 0 aliphatic heterocycles. The molecule has 0 heterocycles. The fourth-order valence-corrected chi connectivity index (χ4v) is 1.33. The van der Waals surface area contributed by atoms with Crippen molar-refractivity contribution in [3.63, 3.8) is 0 Å². The molecule has 0 aromatic rings. The zero-order valence-corrected chi connectivity index (χ0v) is 10.2. The van der Waals surface area contributed by atoms with E-state index in [1.54, 1.807) is 13.0 Å². The standard InChI is InChI=1S/C12H20N2O2/c1-10(2)9-14(7-4-6-13)8-5-11(3)12(15)16/h5,10H,4,7-9H2,1-3H3,(H,15,16). The van der Waals surface area contributed by atoms with Gasteiger partial charge >= 0.3 is 5.97 Å². The number of nitriles is 1. The lowest BCUT2D eigenvalue weighted by Crippen LogP contribution is -2.29. The van der Waals surface area contributed by atoms with E-state index in [-0.39, 0.29) is 0 Å². The first-order valence-corrected chi connectivity index (χ1v) is 5.46. The summed E-state index contributed by atoms with van der Waals surface area (Å²) in [5.74, 6) is -0.373. The van der Waals surface area contributed by atoms with Gasteiger partial charge in [-0.25, -0.2) is 4.79 Å². The molecule has 0 saturated carbocycles. The third-order valence-corrected chi connectivity index (χ3v) is 2.16. The minimum absolute atomic E-state index is 0.353. The molecule has 4 nitrogen and oxygen atoms in total. The van der Waals surface area contributed by atoms with Gasteiger partial charge in [0.2, 0.25) is 0 Å². The topological polar surface area (TPSA) is 64.3 Å². The average Bonchev–Trinajstić information content (AvgIpc) is 2.20. The molecule has 1 N–H and O–H groups in total. The van der Waals surface area contributed by atoms with Crippen LogP contribution in [0.4, 0.5) is 0 Å². The molecule has 0 saturated heterocycles. The lowest BCUT2D eigenvalue weighted by atomic mass is 10.2. The van der Waals surface area contributed by atoms with Crippen LogP contribution in [0.3, 0.4) is 0 Å². The van der Waals surface area contributed by atoms with E-state index in [9.17, 15) is 4.79 Å². The summed E-state index contributed by atoms with van der Waals surface area (Å²) in [6.45, 7) is 7.96. The summed E-state index contributed by atoms with van der Waals surface area (Å²) >= 11 is 0. The van der Waals surface area contributed by atoms with Gasteiger partial charge in [0.1, 0.15) is 0 Å². The van der Waals surface area contributed by atoms with Crippen molar-refractivity contribution >= 4 is 5.97 Å². The van der Waals surface area contributed by atoms with E-state index in [2.05, 4.69) is 24.8 Å². The highest BCUT2D eigenvalue weighted by Gasteiger charge is 2.07. The first-order valence-electron chi connectivity index (χ1n) is 5.46. The second-order valence-corrected chi connectivity index (χ2v) is 4.25. The van der Waals surface area contributed by atoms with Crippen LogP contribution in [0.15, 0.2) is 11.6 Å². The highest BCUT2D eigenvalue weighted by atomic mass is 16.4. The van der Waals surface area contributed by atoms with Gasteiger partial charge in [0, 0.05) is 31.6 Å². The van der Waals surface area contributed by atoms with Gasteiger partial charge in [-0.05, 0) is 12.8 Å². The minimum atomic E-state index is -0.884. The third-order valence-electron chi connectivity index (χ3n) is 2.16. The first kappa shape index (κ1) is 14.7. The van der Waals surface area contributed by atoms with Crippen molar-refractivity contribution in [1.82, 2.24) is 4.90 Å². The first-order chi connectivity index (χ1) is 7.47. The van der Waals surface area contributed by atoms with Crippen molar-refractivity contribution < 1.29 is 9.90 Å². The molecule has 0 aromatic heterocycles. The van der Waals surface area contributed by atoms with E-state index in [1.807, 2.05) is 0 Å². The Morgan fingerprint density at radius 1 is 1.56 bits per heavy atom. The van der Waals surface area contributed by atoms with Gasteiger partial charge in [-0.15, -0.1) is 0 Å². The van der Waals surface area contributed by atoms with Gasteiger partial charge in [-0.1, -0.05) is 19.9 Å². The summed E-state index contributed by atoms with van der Waals surface area (Å²) in [5.41, 5.74) is 0.353. The van der Waals surface area contributed by atoms with Crippen LogP contribution in [0.5, 0.6) is 0 Å². The smallest absolute Gasteiger partial charge is 0.330 e. The quantitative estimate of drug-likeness (QED) is 0.671. The molecule has 0 aromatic carbocycles. The number of carbonyl (C=O) groups is 1. The average molecular weight is 224 g/mol. The van der Waals surface area contributed by atoms with E-state index in [0.29, 0.717) is 31.0 Å². The molecule has 4 heteroatoms. The summed E-state index contributed by atoms with van der Waals surface area (Å²) in [6, 6.07) is 2.10. The van der Waals surface area contributed by atoms with Gasteiger partial charge in [-0.3, -0.25) is 4.90 Å². The van der Waals surface area contributed by atoms with E-state index in [0.717, 1.165) is 6.54 Å². The number of carboxylic acid groups (broad SMARTS) is 1. The Labute approximate surface area is 97.2 Å². The fourth-order valence-electron chi connectivity index (χ4n) is 1.33. The number of nitrogens with zero attached hydrogens (tertiary/aromatic N) is 2. The van der Waals surface area contributed by atoms with E-state index >= 15 is 0 Å². The molecule has 0 atom stereocenters. The second-order valence-electron chi connectivity index (χ2n) is 4.25. The zero-order valence-electron chi connectivity index (χ0n) is 10.2. The molecule has 0 rings (SSSR count). The molecular formula is C12H20N2O2. The summed E-state index contributed by atoms with van der Waals surface area (Å²) in [5, 5.41) is 17.2. The number of hydrogen-bond acceptors (Lipinski definition) is 3. The van der Waals surface area contributed by atoms with E-state index in [4.69, 9.17) is 10.4 Å². The molecule has 0 spiro atoms. The van der Waals surface area contributed by atoms with Crippen molar-refractivity contribution in [3.05, 3.63) is 11.6 Å². The lowest BCUT2D eigenvalue weighted by molar-refractivity contribution is -0.132. The lowest BCUT2D eigenvalue weighted by Gasteiger charge is -2.21. The highest BCUT2D eigenvalue weighted by molar-refractivity contribution is 5.85. The second kappa shape index (κ2) is 7.89. The Balaban J connectivity index is 4.26. The monoisotopic (exact) mass is 224 g/mol. The van der Waals surface area contributed by atoms with E-state index < -0.39 is 5.97 Å². The largest absolute Gasteiger partial charge is 0.478 e. The Hall–Kier alpha value is -1.34. The molecule has 0 aliphatic carbocycles. The van der Waals surface area contributed by atoms with Crippen molar-refractivity contribution in [2.45, 2.75) is 27.2 Å². The van der Waals surface area contributed by atoms with Crippen molar-refractivity contribution in [2.24, 2.45) is 5.92 Å². The van der Waals surface area contributed by atoms with E-state index in [1.165, 1.54) is 0 Å². The number of rotatable bonds is 7. The molecule has 0 radical (unpaired) electrons. The van der Waals surface area contributed by atoms with Crippen LogP contribution in [0, 0.1) is 17.2 Å². The minimum Gasteiger partial charge on any atom is -0.478 e. The molecular weight excluding hydrogens is 204 g/mol. The fraction of sp³-hybridized carbons (Fsp3) is 0.667. The molecule has 0 unspecified atom stereocenters. The molecule has 16 heavy (non-hydrogen) atoms. The Morgan fingerprint density at radius 2 is 2.19 bits per heavy atom. The van der Waals surface area contributed by atoms with Gasteiger partial charge in [-0.2, -0.15) is 5.26 Å². The van der Waals surface area contributed by atoms with Crippen LogP contribution >= 0.6 is 0 Å². The van der Waals surface area contributed by atoms with Crippen LogP contribution in [0.25, 0.3) is 0 Å². The highest BCUT2D eigenvalue weighted by Crippen LogP contribution is 2.02. The van der Waals surface area contributed by atoms with Crippen molar-refractivity contribution in [2.75, 3.05) is 19.6 Å². The number of carboxylic acids is 1. The Bertz CT molecular complexity index is 290. The predicted octanol–water partition coefficient (Wildman–Crippen LogP) is 1.89. The normalized spacial score (nSPS) is 11.9. The summed E-state index contributed by atoms with van der Waals surface area (Å²) in [7, 11) is 0. The van der Waals surface area contributed by atoms with Crippen LogP contribution in [-0.2, 0) is 4.79 Å². The van der Waals surface area contributed by atoms with Crippen LogP contribution in [-0.4, -0.2) is 35.6 Å². The third kappa shape index (κ3) is 7.02. The number of aliphatic carboxylic acids is 1. The van der Waals surface area contributed by atoms with Crippen molar-refractivity contribution in [3.8, 4) is 6.07 Å². The van der Waals surface area contributed by atoms with Crippen molar-refractivity contribution in [1.29, 1.82) is 5.26 Å². The Kier molecular flexibility index (Phi) is 7.23. The predicted molar refractivity (Wildman–Crippen MR) is 62.9 cm³/mol. The molecule has 90 valence electrons. The molecule has 0 amide bonds. The SMILES string of the molecule is CC(=CCN(CCC#N)CC(C)C)C(=O)O. The molecule has 0 fully saturated rings. The zero-order chi connectivity index (χ0) is 12.6. The van der Waals surface area contributed by atoms with Crippen LogP contribution in [0.1, 0.15) is 27.2 Å². The molecule has 0 bridgehead atoms. The maximum Gasteiger partial charge on any atom is 0.330 e. The van der Waals surface area contributed by atoms with Gasteiger partial charge < -0.3 is 5.11 Å². The summed E-state index contributed by atoms with van der Waals surface area (Å²) in [4.78, 5) is 12.7. The summed E-state index contributed by atoms with van der Waals surface area (Å²) in [6.07, 6.45) is 2.18. The maximum atomic E-state index is 10.6. The Morgan fingerprint density at radius 3 is 2.62 bits per heavy atom. The number of hydrogen-bond donors (Lipinski definition) is 1. The maximum absolute atomic E-state index is 10.6. The van der Waals surface area contributed by atoms with Crippen LogP contribution < -0.4 is 0 Å². The van der Waals surface area contributed by atoms with Crippen LogP contribution in [0.2, 0.25) is 0 Å². The molecule has 0 aliphatic rings. The van der Waals surface area contributed by atoms with Gasteiger partial charge in [0.15, 0.2) is 0 Å².